The second-order valence-electron chi connectivity index (χ2n) is 4.01. The van der Waals surface area contributed by atoms with Crippen LogP contribution in [-0.4, -0.2) is 0 Å². The summed E-state index contributed by atoms with van der Waals surface area (Å²) >= 11 is 0. The van der Waals surface area contributed by atoms with Gasteiger partial charge in [0.1, 0.15) is 0 Å². The van der Waals surface area contributed by atoms with Gasteiger partial charge in [-0.25, -0.2) is 0 Å². The lowest BCUT2D eigenvalue weighted by atomic mass is 10.0. The van der Waals surface area contributed by atoms with E-state index in [4.69, 9.17) is 0 Å². The highest BCUT2D eigenvalue weighted by Crippen LogP contribution is 2.11. The maximum absolute atomic E-state index is 3.77. The normalized spacial score (nSPS) is 7.95. The third kappa shape index (κ3) is 15.0. The maximum atomic E-state index is 3.77. The first-order valence-corrected chi connectivity index (χ1v) is 8.50. The van der Waals surface area contributed by atoms with Gasteiger partial charge in [0.05, 0.1) is 0 Å². The van der Waals surface area contributed by atoms with Gasteiger partial charge >= 0.3 is 0 Å². The summed E-state index contributed by atoms with van der Waals surface area (Å²) in [4.78, 5) is 0. The molecule has 0 saturated heterocycles. The van der Waals surface area contributed by atoms with Gasteiger partial charge in [-0.2, -0.15) is 0 Å². The molecule has 0 aliphatic rings. The molecule has 0 nitrogen and oxygen atoms in total. The fourth-order valence-corrected chi connectivity index (χ4v) is 1.58. The fourth-order valence-electron chi connectivity index (χ4n) is 1.58. The van der Waals surface area contributed by atoms with Crippen molar-refractivity contribution in [1.29, 1.82) is 0 Å². The summed E-state index contributed by atoms with van der Waals surface area (Å²) in [6.45, 7) is 18.4. The summed E-state index contributed by atoms with van der Waals surface area (Å²) in [6.07, 6.45) is 8.35. The molecule has 0 aliphatic heterocycles. The Morgan fingerprint density at radius 3 is 1.70 bits per heavy atom. The lowest BCUT2D eigenvalue weighted by Gasteiger charge is -2.02. The molecule has 0 heterocycles. The Labute approximate surface area is 129 Å². The summed E-state index contributed by atoms with van der Waals surface area (Å²) in [5.74, 6) is 0. The van der Waals surface area contributed by atoms with E-state index in [-0.39, 0.29) is 0 Å². The Kier molecular flexibility index (Phi) is 27.7. The molecule has 0 radical (unpaired) electrons. The van der Waals surface area contributed by atoms with Gasteiger partial charge in [-0.05, 0) is 17.5 Å². The van der Waals surface area contributed by atoms with Crippen LogP contribution in [0, 0.1) is 0 Å². The number of benzene rings is 1. The Bertz CT molecular complexity index is 271. The van der Waals surface area contributed by atoms with Crippen molar-refractivity contribution in [2.24, 2.45) is 0 Å². The SMILES string of the molecule is C=Cc1ccccc1CCC.CC.CC.CCCCC. The Morgan fingerprint density at radius 2 is 1.35 bits per heavy atom. The molecule has 0 bridgehead atoms. The lowest BCUT2D eigenvalue weighted by Crippen LogP contribution is -1.86. The third-order valence-electron chi connectivity index (χ3n) is 2.50. The van der Waals surface area contributed by atoms with E-state index in [2.05, 4.69) is 51.6 Å². The Balaban J connectivity index is -0.000000272. The summed E-state index contributed by atoms with van der Waals surface area (Å²) in [5.41, 5.74) is 2.68. The highest BCUT2D eigenvalue weighted by molar-refractivity contribution is 5.51. The Hall–Kier alpha value is -1.04. The minimum absolute atomic E-state index is 1.15. The highest BCUT2D eigenvalue weighted by Gasteiger charge is 1.94. The van der Waals surface area contributed by atoms with Crippen LogP contribution in [0.4, 0.5) is 0 Å². The van der Waals surface area contributed by atoms with Crippen LogP contribution in [0.25, 0.3) is 6.08 Å². The minimum atomic E-state index is 1.15. The largest absolute Gasteiger partial charge is 0.0985 e. The first-order chi connectivity index (χ1) is 9.79. The number of rotatable bonds is 5. The maximum Gasteiger partial charge on any atom is -0.0230 e. The van der Waals surface area contributed by atoms with Crippen molar-refractivity contribution in [2.75, 3.05) is 0 Å². The van der Waals surface area contributed by atoms with E-state index < -0.39 is 0 Å². The lowest BCUT2D eigenvalue weighted by molar-refractivity contribution is 0.772. The second kappa shape index (κ2) is 23.1. The van der Waals surface area contributed by atoms with Gasteiger partial charge in [0.15, 0.2) is 0 Å². The van der Waals surface area contributed by atoms with Crippen molar-refractivity contribution in [3.8, 4) is 0 Å². The molecule has 0 aromatic heterocycles. The topological polar surface area (TPSA) is 0 Å². The van der Waals surface area contributed by atoms with Crippen molar-refractivity contribution < 1.29 is 0 Å². The third-order valence-corrected chi connectivity index (χ3v) is 2.50. The number of aryl methyl sites for hydroxylation is 1. The first kappa shape index (κ1) is 24.0. The van der Waals surface area contributed by atoms with Gasteiger partial charge in [-0.15, -0.1) is 0 Å². The van der Waals surface area contributed by atoms with E-state index in [1.807, 2.05) is 33.8 Å². The van der Waals surface area contributed by atoms with Crippen LogP contribution in [0.1, 0.15) is 85.3 Å². The molecule has 1 aromatic rings. The van der Waals surface area contributed by atoms with Gasteiger partial charge < -0.3 is 0 Å². The summed E-state index contributed by atoms with van der Waals surface area (Å²) < 4.78 is 0. The number of unbranched alkanes of at least 4 members (excludes halogenated alkanes) is 2. The van der Waals surface area contributed by atoms with Crippen molar-refractivity contribution in [3.63, 3.8) is 0 Å². The second-order valence-corrected chi connectivity index (χ2v) is 4.01. The van der Waals surface area contributed by atoms with E-state index in [1.54, 1.807) is 0 Å². The van der Waals surface area contributed by atoms with E-state index in [1.165, 1.54) is 36.8 Å². The zero-order valence-corrected chi connectivity index (χ0v) is 15.1. The molecule has 0 heteroatoms. The molecular weight excluding hydrogens is 240 g/mol. The van der Waals surface area contributed by atoms with Crippen LogP contribution < -0.4 is 0 Å². The molecule has 0 unspecified atom stereocenters. The molecule has 0 amide bonds. The van der Waals surface area contributed by atoms with Crippen LogP contribution in [0.5, 0.6) is 0 Å². The molecule has 0 N–H and O–H groups in total. The average molecular weight is 279 g/mol. The molecule has 20 heavy (non-hydrogen) atoms. The number of hydrogen-bond donors (Lipinski definition) is 0. The van der Waals surface area contributed by atoms with E-state index in [9.17, 15) is 0 Å². The summed E-state index contributed by atoms with van der Waals surface area (Å²) in [6, 6.07) is 8.41. The quantitative estimate of drug-likeness (QED) is 0.522. The fraction of sp³-hybridized carbons (Fsp3) is 0.600. The zero-order valence-electron chi connectivity index (χ0n) is 15.1. The average Bonchev–Trinajstić information content (AvgIpc) is 2.53. The predicted octanol–water partition coefficient (Wildman–Crippen LogP) is 7.53. The van der Waals surface area contributed by atoms with Crippen molar-refractivity contribution in [1.82, 2.24) is 0 Å². The van der Waals surface area contributed by atoms with E-state index in [0.717, 1.165) is 6.42 Å². The molecule has 0 spiro atoms. The number of hydrogen-bond acceptors (Lipinski definition) is 0. The molecule has 0 fully saturated rings. The van der Waals surface area contributed by atoms with Gasteiger partial charge in [0.25, 0.3) is 0 Å². The molecule has 0 atom stereocenters. The highest BCUT2D eigenvalue weighted by atomic mass is 14.0. The molecular formula is C20H38. The van der Waals surface area contributed by atoms with Crippen LogP contribution in [-0.2, 0) is 6.42 Å². The van der Waals surface area contributed by atoms with Crippen molar-refractivity contribution in [2.45, 2.75) is 80.6 Å². The molecule has 0 aliphatic carbocycles. The van der Waals surface area contributed by atoms with Crippen molar-refractivity contribution in [3.05, 3.63) is 42.0 Å². The molecule has 1 aromatic carbocycles. The smallest absolute Gasteiger partial charge is 0.0230 e. The summed E-state index contributed by atoms with van der Waals surface area (Å²) in [5, 5.41) is 0. The van der Waals surface area contributed by atoms with Gasteiger partial charge in [0.2, 0.25) is 0 Å². The van der Waals surface area contributed by atoms with Crippen LogP contribution >= 0.6 is 0 Å². The molecule has 0 saturated carbocycles. The van der Waals surface area contributed by atoms with Gasteiger partial charge in [-0.3, -0.25) is 0 Å². The standard InChI is InChI=1S/C11H14.C5H12.2C2H6/c1-3-7-11-9-6-5-8-10(11)4-2;1-3-5-4-2;2*1-2/h4-6,8-9H,2-3,7H2,1H3;3-5H2,1-2H3;2*1-2H3. The minimum Gasteiger partial charge on any atom is -0.0985 e. The van der Waals surface area contributed by atoms with Crippen LogP contribution in [0.2, 0.25) is 0 Å². The van der Waals surface area contributed by atoms with Gasteiger partial charge in [0, 0.05) is 0 Å². The monoisotopic (exact) mass is 278 g/mol. The van der Waals surface area contributed by atoms with Crippen molar-refractivity contribution >= 4 is 6.08 Å². The van der Waals surface area contributed by atoms with Crippen LogP contribution in [0.15, 0.2) is 30.8 Å². The van der Waals surface area contributed by atoms with Gasteiger partial charge in [-0.1, -0.05) is 111 Å². The first-order valence-electron chi connectivity index (χ1n) is 8.50. The summed E-state index contributed by atoms with van der Waals surface area (Å²) in [7, 11) is 0. The van der Waals surface area contributed by atoms with E-state index >= 15 is 0 Å². The Morgan fingerprint density at radius 1 is 0.850 bits per heavy atom. The molecule has 118 valence electrons. The zero-order chi connectivity index (χ0) is 16.2. The van der Waals surface area contributed by atoms with Crippen LogP contribution in [0.3, 0.4) is 0 Å². The van der Waals surface area contributed by atoms with E-state index in [0.29, 0.717) is 0 Å². The molecule has 1 rings (SSSR count). The predicted molar refractivity (Wildman–Crippen MR) is 98.4 cm³/mol.